The molecule has 0 heterocycles. The number of carboxylic acid groups (broad SMARTS) is 1. The van der Waals surface area contributed by atoms with Gasteiger partial charge in [-0.05, 0) is 68.0 Å². The number of fused-ring (bicyclic) bond motifs is 1. The maximum atomic E-state index is 13.1. The number of rotatable bonds is 6. The number of benzene rings is 2. The Morgan fingerprint density at radius 3 is 2.50 bits per heavy atom. The quantitative estimate of drug-likeness (QED) is 0.850. The number of ketones is 1. The zero-order chi connectivity index (χ0) is 18.9. The molecule has 5 heteroatoms. The fourth-order valence-electron chi connectivity index (χ4n) is 3.06. The van der Waals surface area contributed by atoms with Crippen molar-refractivity contribution in [2.75, 3.05) is 0 Å². The summed E-state index contributed by atoms with van der Waals surface area (Å²) in [6.45, 7) is 2.96. The molecule has 26 heavy (non-hydrogen) atoms. The van der Waals surface area contributed by atoms with Crippen molar-refractivity contribution in [1.29, 1.82) is 0 Å². The summed E-state index contributed by atoms with van der Waals surface area (Å²) in [7, 11) is 0. The molecule has 0 unspecified atom stereocenters. The first kappa shape index (κ1) is 18.1. The predicted octanol–water partition coefficient (Wildman–Crippen LogP) is 3.98. The van der Waals surface area contributed by atoms with Crippen LogP contribution in [-0.4, -0.2) is 22.5 Å². The lowest BCUT2D eigenvalue weighted by atomic mass is 9.98. The molecule has 4 nitrogen and oxygen atoms in total. The average Bonchev–Trinajstić information content (AvgIpc) is 2.94. The molecule has 0 radical (unpaired) electrons. The van der Waals surface area contributed by atoms with Crippen molar-refractivity contribution in [3.8, 4) is 5.75 Å². The molecule has 1 aliphatic rings. The molecule has 0 amide bonds. The Hall–Kier alpha value is -2.69. The summed E-state index contributed by atoms with van der Waals surface area (Å²) in [6.07, 6.45) is 2.44. The third-order valence-electron chi connectivity index (χ3n) is 4.68. The van der Waals surface area contributed by atoms with Gasteiger partial charge in [-0.1, -0.05) is 18.2 Å². The van der Waals surface area contributed by atoms with Crippen molar-refractivity contribution in [1.82, 2.24) is 0 Å². The van der Waals surface area contributed by atoms with Gasteiger partial charge in [-0.2, -0.15) is 0 Å². The van der Waals surface area contributed by atoms with Crippen molar-refractivity contribution in [3.63, 3.8) is 0 Å². The highest BCUT2D eigenvalue weighted by Gasteiger charge is 2.31. The van der Waals surface area contributed by atoms with Crippen LogP contribution in [0.4, 0.5) is 4.39 Å². The molecule has 0 bridgehead atoms. The summed E-state index contributed by atoms with van der Waals surface area (Å²) < 4.78 is 18.8. The second-order valence-corrected chi connectivity index (χ2v) is 7.08. The number of carboxylic acids is 1. The lowest BCUT2D eigenvalue weighted by Crippen LogP contribution is -2.38. The van der Waals surface area contributed by atoms with Gasteiger partial charge in [-0.3, -0.25) is 4.79 Å². The van der Waals surface area contributed by atoms with Gasteiger partial charge in [-0.15, -0.1) is 0 Å². The summed E-state index contributed by atoms with van der Waals surface area (Å²) in [5.74, 6) is -0.873. The molecule has 1 N–H and O–H groups in total. The first-order valence-electron chi connectivity index (χ1n) is 8.62. The topological polar surface area (TPSA) is 63.6 Å². The van der Waals surface area contributed by atoms with Gasteiger partial charge in [-0.25, -0.2) is 9.18 Å². The molecule has 0 saturated heterocycles. The van der Waals surface area contributed by atoms with Gasteiger partial charge in [0, 0.05) is 12.0 Å². The Labute approximate surface area is 151 Å². The van der Waals surface area contributed by atoms with Crippen LogP contribution < -0.4 is 4.74 Å². The molecule has 0 aliphatic heterocycles. The minimum atomic E-state index is -1.40. The standard InChI is InChI=1S/C21H21FO4/c1-21(2,20(24)25)26-19-12-17-14(7-10-18(17)23)11-15(19)6-3-13-4-8-16(22)9-5-13/h4-5,8-9,11-12H,3,6-7,10H2,1-2H3,(H,24,25). The molecule has 136 valence electrons. The monoisotopic (exact) mass is 356 g/mol. The molecule has 0 spiro atoms. The lowest BCUT2D eigenvalue weighted by molar-refractivity contribution is -0.152. The van der Waals surface area contributed by atoms with Crippen molar-refractivity contribution in [2.24, 2.45) is 0 Å². The summed E-state index contributed by atoms with van der Waals surface area (Å²) in [5.41, 5.74) is 2.03. The fraction of sp³-hybridized carbons (Fsp3) is 0.333. The Morgan fingerprint density at radius 1 is 1.15 bits per heavy atom. The van der Waals surface area contributed by atoms with Crippen molar-refractivity contribution in [3.05, 3.63) is 64.5 Å². The number of Topliss-reactive ketones (excluding diaryl/α,β-unsaturated/α-hetero) is 1. The highest BCUT2D eigenvalue weighted by atomic mass is 19.1. The van der Waals surface area contributed by atoms with Gasteiger partial charge in [0.1, 0.15) is 11.6 Å². The normalized spacial score (nSPS) is 13.6. The van der Waals surface area contributed by atoms with E-state index in [4.69, 9.17) is 4.74 Å². The predicted molar refractivity (Wildman–Crippen MR) is 95.2 cm³/mol. The first-order chi connectivity index (χ1) is 12.3. The minimum Gasteiger partial charge on any atom is -0.478 e. The number of aliphatic carboxylic acids is 1. The van der Waals surface area contributed by atoms with Crippen LogP contribution in [0.25, 0.3) is 0 Å². The Kier molecular flexibility index (Phi) is 4.81. The number of halogens is 1. The first-order valence-corrected chi connectivity index (χ1v) is 8.62. The number of hydrogen-bond donors (Lipinski definition) is 1. The van der Waals surface area contributed by atoms with Crippen LogP contribution >= 0.6 is 0 Å². The van der Waals surface area contributed by atoms with Crippen LogP contribution in [-0.2, 0) is 24.1 Å². The highest BCUT2D eigenvalue weighted by molar-refractivity contribution is 6.01. The van der Waals surface area contributed by atoms with Crippen LogP contribution in [0, 0.1) is 5.82 Å². The Bertz CT molecular complexity index is 853. The smallest absolute Gasteiger partial charge is 0.347 e. The number of carbonyl (C=O) groups excluding carboxylic acids is 1. The van der Waals surface area contributed by atoms with E-state index in [0.717, 1.165) is 16.7 Å². The molecule has 3 rings (SSSR count). The second kappa shape index (κ2) is 6.90. The summed E-state index contributed by atoms with van der Waals surface area (Å²) in [6, 6.07) is 9.91. The van der Waals surface area contributed by atoms with Gasteiger partial charge < -0.3 is 9.84 Å². The largest absolute Gasteiger partial charge is 0.478 e. The van der Waals surface area contributed by atoms with Gasteiger partial charge >= 0.3 is 5.97 Å². The van der Waals surface area contributed by atoms with E-state index in [2.05, 4.69) is 0 Å². The van der Waals surface area contributed by atoms with Gasteiger partial charge in [0.25, 0.3) is 0 Å². The summed E-state index contributed by atoms with van der Waals surface area (Å²) >= 11 is 0. The zero-order valence-electron chi connectivity index (χ0n) is 14.8. The molecule has 0 aromatic heterocycles. The van der Waals surface area contributed by atoms with Crippen LogP contribution in [0.2, 0.25) is 0 Å². The summed E-state index contributed by atoms with van der Waals surface area (Å²) in [5, 5.41) is 9.35. The van der Waals surface area contributed by atoms with E-state index in [1.807, 2.05) is 6.07 Å². The van der Waals surface area contributed by atoms with Crippen molar-refractivity contribution >= 4 is 11.8 Å². The molecule has 0 atom stereocenters. The SMILES string of the molecule is CC(C)(Oc1cc2c(cc1CCc1ccc(F)cc1)CCC2=O)C(=O)O. The molecular formula is C21H21FO4. The van der Waals surface area contributed by atoms with E-state index in [0.29, 0.717) is 37.0 Å². The van der Waals surface area contributed by atoms with Gasteiger partial charge in [0.2, 0.25) is 0 Å². The number of hydrogen-bond acceptors (Lipinski definition) is 3. The fourth-order valence-corrected chi connectivity index (χ4v) is 3.06. The van der Waals surface area contributed by atoms with Gasteiger partial charge in [0.15, 0.2) is 11.4 Å². The van der Waals surface area contributed by atoms with E-state index >= 15 is 0 Å². The zero-order valence-corrected chi connectivity index (χ0v) is 14.8. The molecule has 1 aliphatic carbocycles. The Morgan fingerprint density at radius 2 is 1.85 bits per heavy atom. The molecule has 2 aromatic carbocycles. The van der Waals surface area contributed by atoms with E-state index < -0.39 is 11.6 Å². The number of carbonyl (C=O) groups is 2. The van der Waals surface area contributed by atoms with Crippen LogP contribution in [0.3, 0.4) is 0 Å². The minimum absolute atomic E-state index is 0.0584. The van der Waals surface area contributed by atoms with E-state index in [1.165, 1.54) is 26.0 Å². The van der Waals surface area contributed by atoms with E-state index in [1.54, 1.807) is 18.2 Å². The van der Waals surface area contributed by atoms with Crippen LogP contribution in [0.5, 0.6) is 5.75 Å². The second-order valence-electron chi connectivity index (χ2n) is 7.08. The van der Waals surface area contributed by atoms with E-state index in [9.17, 15) is 19.1 Å². The summed E-state index contributed by atoms with van der Waals surface area (Å²) in [4.78, 5) is 23.5. The van der Waals surface area contributed by atoms with Crippen molar-refractivity contribution < 1.29 is 23.8 Å². The third-order valence-corrected chi connectivity index (χ3v) is 4.68. The highest BCUT2D eigenvalue weighted by Crippen LogP contribution is 2.33. The molecular weight excluding hydrogens is 335 g/mol. The number of ether oxygens (including phenoxy) is 1. The number of aryl methyl sites for hydroxylation is 3. The maximum Gasteiger partial charge on any atom is 0.347 e. The van der Waals surface area contributed by atoms with E-state index in [-0.39, 0.29) is 11.6 Å². The maximum absolute atomic E-state index is 13.1. The van der Waals surface area contributed by atoms with Crippen LogP contribution in [0.15, 0.2) is 36.4 Å². The van der Waals surface area contributed by atoms with Crippen LogP contribution in [0.1, 0.15) is 47.3 Å². The Balaban J connectivity index is 1.90. The van der Waals surface area contributed by atoms with Crippen molar-refractivity contribution in [2.45, 2.75) is 45.1 Å². The molecule has 2 aromatic rings. The third kappa shape index (κ3) is 3.77. The lowest BCUT2D eigenvalue weighted by Gasteiger charge is -2.24. The molecule has 0 saturated carbocycles. The molecule has 0 fully saturated rings. The average molecular weight is 356 g/mol. The van der Waals surface area contributed by atoms with Gasteiger partial charge in [0.05, 0.1) is 0 Å².